The summed E-state index contributed by atoms with van der Waals surface area (Å²) in [5, 5.41) is 2.80. The fraction of sp³-hybridized carbons (Fsp3) is 0.500. The molecule has 0 saturated carbocycles. The summed E-state index contributed by atoms with van der Waals surface area (Å²) in [5.41, 5.74) is -0.365. The Morgan fingerprint density at radius 3 is 2.75 bits per heavy atom. The molecule has 1 aliphatic heterocycles. The van der Waals surface area contributed by atoms with Gasteiger partial charge in [0.05, 0.1) is 6.20 Å². The summed E-state index contributed by atoms with van der Waals surface area (Å²) in [6, 6.07) is 3.66. The van der Waals surface area contributed by atoms with Crippen molar-refractivity contribution in [1.82, 2.24) is 10.3 Å². The van der Waals surface area contributed by atoms with Crippen molar-refractivity contribution in [3.8, 4) is 5.75 Å². The van der Waals surface area contributed by atoms with Crippen LogP contribution in [0.2, 0.25) is 0 Å². The summed E-state index contributed by atoms with van der Waals surface area (Å²) in [7, 11) is 0. The molecule has 1 aliphatic rings. The highest BCUT2D eigenvalue weighted by Crippen LogP contribution is 2.38. The molecule has 0 aromatic carbocycles. The molecule has 1 N–H and O–H groups in total. The number of hydrogen-bond acceptors (Lipinski definition) is 3. The van der Waals surface area contributed by atoms with E-state index in [9.17, 15) is 4.79 Å². The van der Waals surface area contributed by atoms with Crippen molar-refractivity contribution in [3.05, 3.63) is 24.5 Å². The molecule has 0 radical (unpaired) electrons. The number of carbonyl (C=O) groups excluding carboxylic acids is 1. The van der Waals surface area contributed by atoms with Crippen LogP contribution in [-0.2, 0) is 4.79 Å². The van der Waals surface area contributed by atoms with Crippen molar-refractivity contribution >= 4 is 5.91 Å². The highest BCUT2D eigenvalue weighted by molar-refractivity contribution is 5.89. The van der Waals surface area contributed by atoms with Crippen LogP contribution < -0.4 is 10.1 Å². The van der Waals surface area contributed by atoms with Crippen LogP contribution in [0.25, 0.3) is 0 Å². The predicted octanol–water partition coefficient (Wildman–Crippen LogP) is 1.72. The molecule has 1 fully saturated rings. The Balaban J connectivity index is 2.10. The number of amides is 1. The molecule has 1 atom stereocenters. The molecule has 2 heterocycles. The highest BCUT2D eigenvalue weighted by atomic mass is 16.5. The first-order valence-corrected chi connectivity index (χ1v) is 5.60. The lowest BCUT2D eigenvalue weighted by Crippen LogP contribution is -2.69. The smallest absolute Gasteiger partial charge is 0.234 e. The number of nitrogens with zero attached hydrogens (tertiary/aromatic N) is 1. The standard InChI is InChI=1S/C12H16N2O2/c1-3-12(4-2)10(15)14-11(12)16-9-6-5-7-13-8-9/h5-8,11H,3-4H2,1-2H3,(H,14,15)/t11-/m1/s1. The van der Waals surface area contributed by atoms with Crippen LogP contribution in [0.3, 0.4) is 0 Å². The Hall–Kier alpha value is -1.58. The number of β-lactam (4-membered cyclic amide) rings is 1. The number of pyridine rings is 1. The Morgan fingerprint density at radius 1 is 1.50 bits per heavy atom. The van der Waals surface area contributed by atoms with Gasteiger partial charge in [-0.2, -0.15) is 0 Å². The van der Waals surface area contributed by atoms with E-state index in [0.717, 1.165) is 12.8 Å². The van der Waals surface area contributed by atoms with Crippen LogP contribution in [0.1, 0.15) is 26.7 Å². The first-order chi connectivity index (χ1) is 7.73. The first kappa shape index (κ1) is 10.9. The molecule has 1 saturated heterocycles. The lowest BCUT2D eigenvalue weighted by molar-refractivity contribution is -0.161. The average molecular weight is 220 g/mol. The summed E-state index contributed by atoms with van der Waals surface area (Å²) in [4.78, 5) is 15.6. The van der Waals surface area contributed by atoms with Crippen molar-refractivity contribution in [1.29, 1.82) is 0 Å². The van der Waals surface area contributed by atoms with Crippen molar-refractivity contribution in [2.24, 2.45) is 5.41 Å². The van der Waals surface area contributed by atoms with Gasteiger partial charge in [0, 0.05) is 6.20 Å². The van der Waals surface area contributed by atoms with Gasteiger partial charge >= 0.3 is 0 Å². The zero-order chi connectivity index (χ0) is 11.6. The van der Waals surface area contributed by atoms with Crippen LogP contribution in [0.5, 0.6) is 5.75 Å². The maximum absolute atomic E-state index is 11.6. The van der Waals surface area contributed by atoms with Crippen LogP contribution in [0.15, 0.2) is 24.5 Å². The van der Waals surface area contributed by atoms with Gasteiger partial charge in [-0.15, -0.1) is 0 Å². The van der Waals surface area contributed by atoms with E-state index in [0.29, 0.717) is 5.75 Å². The molecular weight excluding hydrogens is 204 g/mol. The molecule has 16 heavy (non-hydrogen) atoms. The normalized spacial score (nSPS) is 22.1. The molecule has 4 heteroatoms. The summed E-state index contributed by atoms with van der Waals surface area (Å²) in [6.45, 7) is 4.03. The monoisotopic (exact) mass is 220 g/mol. The fourth-order valence-electron chi connectivity index (χ4n) is 2.08. The zero-order valence-corrected chi connectivity index (χ0v) is 9.56. The van der Waals surface area contributed by atoms with Crippen molar-refractivity contribution < 1.29 is 9.53 Å². The Labute approximate surface area is 95.0 Å². The minimum Gasteiger partial charge on any atom is -0.468 e. The summed E-state index contributed by atoms with van der Waals surface area (Å²) in [5.74, 6) is 0.783. The predicted molar refractivity (Wildman–Crippen MR) is 59.8 cm³/mol. The molecule has 1 aromatic rings. The van der Waals surface area contributed by atoms with E-state index in [2.05, 4.69) is 10.3 Å². The molecule has 1 aromatic heterocycles. The fourth-order valence-corrected chi connectivity index (χ4v) is 2.08. The maximum Gasteiger partial charge on any atom is 0.234 e. The largest absolute Gasteiger partial charge is 0.468 e. The molecular formula is C12H16N2O2. The van der Waals surface area contributed by atoms with Gasteiger partial charge in [0.15, 0.2) is 6.23 Å². The second kappa shape index (κ2) is 4.12. The van der Waals surface area contributed by atoms with Gasteiger partial charge in [-0.3, -0.25) is 9.78 Å². The molecule has 0 aliphatic carbocycles. The maximum atomic E-state index is 11.6. The van der Waals surface area contributed by atoms with Crippen molar-refractivity contribution in [2.75, 3.05) is 0 Å². The summed E-state index contributed by atoms with van der Waals surface area (Å²) < 4.78 is 5.72. The summed E-state index contributed by atoms with van der Waals surface area (Å²) >= 11 is 0. The Kier molecular flexibility index (Phi) is 2.81. The van der Waals surface area contributed by atoms with E-state index in [1.807, 2.05) is 26.0 Å². The lowest BCUT2D eigenvalue weighted by atomic mass is 9.73. The van der Waals surface area contributed by atoms with Gasteiger partial charge < -0.3 is 10.1 Å². The van der Waals surface area contributed by atoms with E-state index in [-0.39, 0.29) is 17.6 Å². The third-order valence-electron chi connectivity index (χ3n) is 3.37. The molecule has 2 rings (SSSR count). The van der Waals surface area contributed by atoms with E-state index in [1.54, 1.807) is 12.4 Å². The Bertz CT molecular complexity index is 374. The van der Waals surface area contributed by atoms with Gasteiger partial charge in [-0.05, 0) is 25.0 Å². The molecule has 0 spiro atoms. The van der Waals surface area contributed by atoms with E-state index in [1.165, 1.54) is 0 Å². The van der Waals surface area contributed by atoms with Crippen molar-refractivity contribution in [3.63, 3.8) is 0 Å². The number of hydrogen-bond donors (Lipinski definition) is 1. The van der Waals surface area contributed by atoms with E-state index >= 15 is 0 Å². The van der Waals surface area contributed by atoms with Crippen molar-refractivity contribution in [2.45, 2.75) is 32.9 Å². The molecule has 86 valence electrons. The van der Waals surface area contributed by atoms with Crippen LogP contribution >= 0.6 is 0 Å². The van der Waals surface area contributed by atoms with E-state index in [4.69, 9.17) is 4.74 Å². The summed E-state index contributed by atoms with van der Waals surface area (Å²) in [6.07, 6.45) is 4.71. The number of ether oxygens (including phenoxy) is 1. The van der Waals surface area contributed by atoms with Crippen LogP contribution in [-0.4, -0.2) is 17.1 Å². The minimum absolute atomic E-state index is 0.0893. The van der Waals surface area contributed by atoms with Gasteiger partial charge in [0.1, 0.15) is 11.2 Å². The number of carbonyl (C=O) groups is 1. The third kappa shape index (κ3) is 1.54. The first-order valence-electron chi connectivity index (χ1n) is 5.60. The van der Waals surface area contributed by atoms with Gasteiger partial charge in [-0.1, -0.05) is 13.8 Å². The molecule has 0 unspecified atom stereocenters. The highest BCUT2D eigenvalue weighted by Gasteiger charge is 2.54. The Morgan fingerprint density at radius 2 is 2.25 bits per heavy atom. The molecule has 0 bridgehead atoms. The van der Waals surface area contributed by atoms with E-state index < -0.39 is 0 Å². The minimum atomic E-state index is -0.365. The zero-order valence-electron chi connectivity index (χ0n) is 9.56. The van der Waals surface area contributed by atoms with Crippen LogP contribution in [0, 0.1) is 5.41 Å². The molecule has 1 amide bonds. The number of nitrogens with one attached hydrogen (secondary N) is 1. The van der Waals surface area contributed by atoms with Gasteiger partial charge in [-0.25, -0.2) is 0 Å². The lowest BCUT2D eigenvalue weighted by Gasteiger charge is -2.46. The molecule has 4 nitrogen and oxygen atoms in total. The SMILES string of the molecule is CCC1(CC)C(=O)N[C@@H]1Oc1cccnc1. The number of rotatable bonds is 4. The second-order valence-electron chi connectivity index (χ2n) is 4.02. The number of aromatic nitrogens is 1. The van der Waals surface area contributed by atoms with Gasteiger partial charge in [0.2, 0.25) is 5.91 Å². The second-order valence-corrected chi connectivity index (χ2v) is 4.02. The average Bonchev–Trinajstić information content (AvgIpc) is 2.32. The van der Waals surface area contributed by atoms with Gasteiger partial charge in [0.25, 0.3) is 0 Å². The third-order valence-corrected chi connectivity index (χ3v) is 3.37. The van der Waals surface area contributed by atoms with Crippen LogP contribution in [0.4, 0.5) is 0 Å². The quantitative estimate of drug-likeness (QED) is 0.786. The topological polar surface area (TPSA) is 51.2 Å².